The van der Waals surface area contributed by atoms with Gasteiger partial charge in [-0.3, -0.25) is 4.79 Å². The van der Waals surface area contributed by atoms with Crippen molar-refractivity contribution in [2.45, 2.75) is 129 Å². The molecule has 0 aromatic rings. The first-order valence-electron chi connectivity index (χ1n) is 10.4. The number of unbranched alkanes of at least 4 members (excludes halogenated alkanes) is 13. The second kappa shape index (κ2) is 17.9. The predicted molar refractivity (Wildman–Crippen MR) is 99.7 cm³/mol. The summed E-state index contributed by atoms with van der Waals surface area (Å²) in [6, 6.07) is 0. The highest BCUT2D eigenvalue weighted by atomic mass is 19.1. The lowest BCUT2D eigenvalue weighted by molar-refractivity contribution is -0.124. The Bertz CT molecular complexity index is 252. The monoisotopic (exact) mass is 328 g/mol. The van der Waals surface area contributed by atoms with Crippen LogP contribution in [-0.2, 0) is 4.79 Å². The molecule has 0 fully saturated rings. The van der Waals surface area contributed by atoms with Crippen molar-refractivity contribution in [2.75, 3.05) is 0 Å². The molecule has 1 atom stereocenters. The Morgan fingerprint density at radius 1 is 0.652 bits per heavy atom. The number of hydrogen-bond acceptors (Lipinski definition) is 1. The van der Waals surface area contributed by atoms with Gasteiger partial charge in [0.2, 0.25) is 0 Å². The summed E-state index contributed by atoms with van der Waals surface area (Å²) in [6.07, 6.45) is 17.9. The number of Topliss-reactive ketones (excluding diaryl/α,β-unsaturated/α-hetero) is 1. The normalized spacial score (nSPS) is 12.5. The molecule has 0 aliphatic rings. The predicted octanol–water partition coefficient (Wildman–Crippen LogP) is 7.57. The SMILES string of the molecule is CCCCCCCCCCCCCC(=O)C(F)CCCCCC. The molecule has 0 aromatic heterocycles. The maximum absolute atomic E-state index is 13.7. The van der Waals surface area contributed by atoms with Crippen molar-refractivity contribution in [2.24, 2.45) is 0 Å². The molecule has 23 heavy (non-hydrogen) atoms. The zero-order valence-corrected chi connectivity index (χ0v) is 15.9. The number of halogens is 1. The standard InChI is InChI=1S/C21H41FO/c1-3-5-7-9-10-11-12-13-14-15-17-19-21(23)20(22)18-16-8-6-4-2/h20H,3-19H2,1-2H3. The van der Waals surface area contributed by atoms with Crippen molar-refractivity contribution in [3.05, 3.63) is 0 Å². The van der Waals surface area contributed by atoms with Gasteiger partial charge in [0.05, 0.1) is 0 Å². The molecule has 0 N–H and O–H groups in total. The first-order chi connectivity index (χ1) is 11.2. The average molecular weight is 329 g/mol. The van der Waals surface area contributed by atoms with Crippen molar-refractivity contribution < 1.29 is 9.18 Å². The van der Waals surface area contributed by atoms with Crippen LogP contribution in [0.2, 0.25) is 0 Å². The minimum atomic E-state index is -1.20. The zero-order chi connectivity index (χ0) is 17.2. The van der Waals surface area contributed by atoms with E-state index in [0.29, 0.717) is 12.8 Å². The third-order valence-electron chi connectivity index (χ3n) is 4.69. The van der Waals surface area contributed by atoms with Gasteiger partial charge in [-0.1, -0.05) is 104 Å². The molecule has 0 heterocycles. The van der Waals surface area contributed by atoms with Gasteiger partial charge in [-0.05, 0) is 12.8 Å². The lowest BCUT2D eigenvalue weighted by Crippen LogP contribution is -2.15. The Kier molecular flexibility index (Phi) is 17.6. The summed E-state index contributed by atoms with van der Waals surface area (Å²) in [6.45, 7) is 4.40. The summed E-state index contributed by atoms with van der Waals surface area (Å²) in [5.41, 5.74) is 0. The summed E-state index contributed by atoms with van der Waals surface area (Å²) < 4.78 is 13.7. The van der Waals surface area contributed by atoms with Crippen LogP contribution >= 0.6 is 0 Å². The van der Waals surface area contributed by atoms with Crippen molar-refractivity contribution in [1.82, 2.24) is 0 Å². The summed E-state index contributed by atoms with van der Waals surface area (Å²) in [7, 11) is 0. The maximum Gasteiger partial charge on any atom is 0.166 e. The number of carbonyl (C=O) groups is 1. The summed E-state index contributed by atoms with van der Waals surface area (Å²) in [4.78, 5) is 11.7. The van der Waals surface area contributed by atoms with Crippen LogP contribution in [0.5, 0.6) is 0 Å². The summed E-state index contributed by atoms with van der Waals surface area (Å²) >= 11 is 0. The molecular formula is C21H41FO. The largest absolute Gasteiger partial charge is 0.296 e. The van der Waals surface area contributed by atoms with Gasteiger partial charge >= 0.3 is 0 Å². The Balaban J connectivity index is 3.28. The molecule has 0 spiro atoms. The highest BCUT2D eigenvalue weighted by Crippen LogP contribution is 2.14. The number of ketones is 1. The fourth-order valence-electron chi connectivity index (χ4n) is 3.03. The molecule has 0 saturated carbocycles. The van der Waals surface area contributed by atoms with E-state index in [4.69, 9.17) is 0 Å². The van der Waals surface area contributed by atoms with E-state index < -0.39 is 6.17 Å². The van der Waals surface area contributed by atoms with Crippen molar-refractivity contribution >= 4 is 5.78 Å². The molecule has 1 unspecified atom stereocenters. The fourth-order valence-corrected chi connectivity index (χ4v) is 3.03. The molecule has 2 heteroatoms. The van der Waals surface area contributed by atoms with Crippen molar-refractivity contribution in [1.29, 1.82) is 0 Å². The van der Waals surface area contributed by atoms with Gasteiger partial charge in [0.25, 0.3) is 0 Å². The molecule has 1 nitrogen and oxygen atoms in total. The molecule has 0 aliphatic heterocycles. The fraction of sp³-hybridized carbons (Fsp3) is 0.952. The second-order valence-electron chi connectivity index (χ2n) is 7.07. The Labute approximate surface area is 144 Å². The van der Waals surface area contributed by atoms with Gasteiger partial charge in [0.1, 0.15) is 0 Å². The third kappa shape index (κ3) is 16.2. The van der Waals surface area contributed by atoms with Crippen LogP contribution in [-0.4, -0.2) is 12.0 Å². The van der Waals surface area contributed by atoms with Gasteiger partial charge in [0.15, 0.2) is 12.0 Å². The number of alkyl halides is 1. The molecule has 0 amide bonds. The average Bonchev–Trinajstić information content (AvgIpc) is 2.56. The minimum absolute atomic E-state index is 0.155. The highest BCUT2D eigenvalue weighted by Gasteiger charge is 2.15. The second-order valence-corrected chi connectivity index (χ2v) is 7.07. The first kappa shape index (κ1) is 22.6. The molecule has 0 bridgehead atoms. The molecule has 138 valence electrons. The van der Waals surface area contributed by atoms with E-state index in [1.165, 1.54) is 57.8 Å². The van der Waals surface area contributed by atoms with E-state index in [1.807, 2.05) is 0 Å². The molecule has 0 aromatic carbocycles. The quantitative estimate of drug-likeness (QED) is 0.237. The minimum Gasteiger partial charge on any atom is -0.296 e. The van der Waals surface area contributed by atoms with Crippen LogP contribution in [0.25, 0.3) is 0 Å². The smallest absolute Gasteiger partial charge is 0.166 e. The van der Waals surface area contributed by atoms with E-state index in [0.717, 1.165) is 38.5 Å². The van der Waals surface area contributed by atoms with Crippen LogP contribution in [0.1, 0.15) is 123 Å². The van der Waals surface area contributed by atoms with Gasteiger partial charge < -0.3 is 0 Å². The molecule has 0 rings (SSSR count). The number of hydrogen-bond donors (Lipinski definition) is 0. The van der Waals surface area contributed by atoms with E-state index in [9.17, 15) is 9.18 Å². The van der Waals surface area contributed by atoms with Crippen molar-refractivity contribution in [3.8, 4) is 0 Å². The van der Waals surface area contributed by atoms with Crippen LogP contribution in [0.3, 0.4) is 0 Å². The first-order valence-corrected chi connectivity index (χ1v) is 10.4. The van der Waals surface area contributed by atoms with Crippen LogP contribution in [0.4, 0.5) is 4.39 Å². The Morgan fingerprint density at radius 3 is 1.52 bits per heavy atom. The van der Waals surface area contributed by atoms with E-state index >= 15 is 0 Å². The number of carbonyl (C=O) groups excluding carboxylic acids is 1. The molecule has 0 radical (unpaired) electrons. The Morgan fingerprint density at radius 2 is 1.04 bits per heavy atom. The van der Waals surface area contributed by atoms with E-state index in [2.05, 4.69) is 13.8 Å². The maximum atomic E-state index is 13.7. The molecule has 0 aliphatic carbocycles. The lowest BCUT2D eigenvalue weighted by atomic mass is 10.0. The highest BCUT2D eigenvalue weighted by molar-refractivity contribution is 5.82. The third-order valence-corrected chi connectivity index (χ3v) is 4.69. The topological polar surface area (TPSA) is 17.1 Å². The van der Waals surface area contributed by atoms with Gasteiger partial charge in [-0.25, -0.2) is 4.39 Å². The van der Waals surface area contributed by atoms with Gasteiger partial charge in [-0.2, -0.15) is 0 Å². The Hall–Kier alpha value is -0.400. The summed E-state index contributed by atoms with van der Waals surface area (Å²) in [5, 5.41) is 0. The van der Waals surface area contributed by atoms with Gasteiger partial charge in [-0.15, -0.1) is 0 Å². The number of rotatable bonds is 18. The van der Waals surface area contributed by atoms with Crippen molar-refractivity contribution in [3.63, 3.8) is 0 Å². The lowest BCUT2D eigenvalue weighted by Gasteiger charge is -2.07. The van der Waals surface area contributed by atoms with Crippen LogP contribution in [0, 0.1) is 0 Å². The van der Waals surface area contributed by atoms with E-state index in [1.54, 1.807) is 0 Å². The van der Waals surface area contributed by atoms with Crippen LogP contribution in [0.15, 0.2) is 0 Å². The van der Waals surface area contributed by atoms with E-state index in [-0.39, 0.29) is 5.78 Å². The van der Waals surface area contributed by atoms with Crippen LogP contribution < -0.4 is 0 Å². The molecule has 0 saturated heterocycles. The molecular weight excluding hydrogens is 287 g/mol. The van der Waals surface area contributed by atoms with Gasteiger partial charge in [0, 0.05) is 6.42 Å². The summed E-state index contributed by atoms with van der Waals surface area (Å²) in [5.74, 6) is -0.155. The zero-order valence-electron chi connectivity index (χ0n) is 15.9.